The summed E-state index contributed by atoms with van der Waals surface area (Å²) in [5.74, 6) is -0.273. The van der Waals surface area contributed by atoms with Crippen LogP contribution in [0.15, 0.2) is 42.7 Å². The van der Waals surface area contributed by atoms with Crippen LogP contribution in [0.5, 0.6) is 5.75 Å². The number of amides is 1. The summed E-state index contributed by atoms with van der Waals surface area (Å²) in [4.78, 5) is 17.5. The highest BCUT2D eigenvalue weighted by atomic mass is 35.5. The molecule has 1 aromatic carbocycles. The Hall–Kier alpha value is -2.14. The summed E-state index contributed by atoms with van der Waals surface area (Å²) in [6.07, 6.45) is 3.04. The maximum atomic E-state index is 13.6. The monoisotopic (exact) mass is 320 g/mol. The van der Waals surface area contributed by atoms with Gasteiger partial charge in [0.2, 0.25) is 0 Å². The van der Waals surface area contributed by atoms with Crippen LogP contribution in [0.3, 0.4) is 0 Å². The molecule has 6 heteroatoms. The molecule has 1 atom stereocenters. The highest BCUT2D eigenvalue weighted by molar-refractivity contribution is 6.30. The van der Waals surface area contributed by atoms with Crippen molar-refractivity contribution in [1.29, 1.82) is 0 Å². The number of ether oxygens (including phenoxy) is 1. The van der Waals surface area contributed by atoms with Crippen molar-refractivity contribution >= 4 is 17.5 Å². The topological polar surface area (TPSA) is 42.4 Å². The first-order valence-electron chi connectivity index (χ1n) is 6.94. The first-order chi connectivity index (χ1) is 10.6. The van der Waals surface area contributed by atoms with Gasteiger partial charge >= 0.3 is 0 Å². The lowest BCUT2D eigenvalue weighted by molar-refractivity contribution is 0.0767. The fourth-order valence-electron chi connectivity index (χ4n) is 2.46. The van der Waals surface area contributed by atoms with Crippen LogP contribution < -0.4 is 4.74 Å². The summed E-state index contributed by atoms with van der Waals surface area (Å²) in [6, 6.07) is 8.52. The smallest absolute Gasteiger partial charge is 0.257 e. The Labute approximate surface area is 132 Å². The van der Waals surface area contributed by atoms with Gasteiger partial charge in [0.25, 0.3) is 5.91 Å². The van der Waals surface area contributed by atoms with Gasteiger partial charge in [0.05, 0.1) is 18.3 Å². The first-order valence-corrected chi connectivity index (χ1v) is 7.32. The zero-order valence-electron chi connectivity index (χ0n) is 11.7. The Morgan fingerprint density at radius 1 is 1.41 bits per heavy atom. The average Bonchev–Trinajstić information content (AvgIpc) is 2.95. The third-order valence-corrected chi connectivity index (χ3v) is 3.77. The molecule has 0 radical (unpaired) electrons. The van der Waals surface area contributed by atoms with Crippen molar-refractivity contribution in [3.05, 3.63) is 59.1 Å². The lowest BCUT2D eigenvalue weighted by Gasteiger charge is -2.17. The van der Waals surface area contributed by atoms with Crippen molar-refractivity contribution in [1.82, 2.24) is 9.88 Å². The molecular formula is C16H14ClFN2O2. The third-order valence-electron chi connectivity index (χ3n) is 3.53. The molecule has 1 aliphatic heterocycles. The lowest BCUT2D eigenvalue weighted by atomic mass is 10.2. The normalized spacial score (nSPS) is 17.5. The molecule has 1 aliphatic rings. The predicted molar refractivity (Wildman–Crippen MR) is 80.6 cm³/mol. The van der Waals surface area contributed by atoms with E-state index in [1.165, 1.54) is 12.3 Å². The minimum Gasteiger partial charge on any atom is -0.488 e. The van der Waals surface area contributed by atoms with Gasteiger partial charge in [-0.15, -0.1) is 0 Å². The Morgan fingerprint density at radius 2 is 2.27 bits per heavy atom. The van der Waals surface area contributed by atoms with E-state index in [0.29, 0.717) is 30.3 Å². The average molecular weight is 321 g/mol. The minimum absolute atomic E-state index is 0.0402. The summed E-state index contributed by atoms with van der Waals surface area (Å²) in [5, 5.41) is 0.599. The number of carbonyl (C=O) groups is 1. The van der Waals surface area contributed by atoms with E-state index in [0.717, 1.165) is 6.20 Å². The molecule has 1 saturated heterocycles. The molecule has 0 saturated carbocycles. The van der Waals surface area contributed by atoms with Gasteiger partial charge in [-0.25, -0.2) is 4.39 Å². The third kappa shape index (κ3) is 3.20. The number of nitrogens with zero attached hydrogens (tertiary/aromatic N) is 2. The number of hydrogen-bond donors (Lipinski definition) is 0. The van der Waals surface area contributed by atoms with E-state index in [-0.39, 0.29) is 17.6 Å². The van der Waals surface area contributed by atoms with E-state index < -0.39 is 5.82 Å². The van der Waals surface area contributed by atoms with Crippen molar-refractivity contribution in [2.45, 2.75) is 12.5 Å². The van der Waals surface area contributed by atoms with Gasteiger partial charge in [0.1, 0.15) is 11.9 Å². The van der Waals surface area contributed by atoms with Crippen LogP contribution in [0.4, 0.5) is 4.39 Å². The number of benzene rings is 1. The molecule has 0 bridgehead atoms. The van der Waals surface area contributed by atoms with Crippen LogP contribution in [0, 0.1) is 5.82 Å². The summed E-state index contributed by atoms with van der Waals surface area (Å²) in [6.45, 7) is 0.957. The lowest BCUT2D eigenvalue weighted by Crippen LogP contribution is -2.31. The van der Waals surface area contributed by atoms with E-state index >= 15 is 0 Å². The van der Waals surface area contributed by atoms with Crippen molar-refractivity contribution in [3.63, 3.8) is 0 Å². The molecule has 0 N–H and O–H groups in total. The maximum absolute atomic E-state index is 13.6. The van der Waals surface area contributed by atoms with E-state index in [4.69, 9.17) is 16.3 Å². The SMILES string of the molecule is O=C(c1ccncc1F)N1CCC(Oc2cccc(Cl)c2)C1. The highest BCUT2D eigenvalue weighted by Gasteiger charge is 2.29. The molecule has 1 unspecified atom stereocenters. The van der Waals surface area contributed by atoms with Crippen LogP contribution in [-0.4, -0.2) is 35.0 Å². The molecule has 4 nitrogen and oxygen atoms in total. The predicted octanol–water partition coefficient (Wildman–Crippen LogP) is 3.17. The summed E-state index contributed by atoms with van der Waals surface area (Å²) >= 11 is 5.91. The van der Waals surface area contributed by atoms with Crippen LogP contribution in [0.2, 0.25) is 5.02 Å². The molecule has 0 spiro atoms. The van der Waals surface area contributed by atoms with Gasteiger partial charge in [-0.3, -0.25) is 9.78 Å². The quantitative estimate of drug-likeness (QED) is 0.872. The van der Waals surface area contributed by atoms with Crippen LogP contribution in [-0.2, 0) is 0 Å². The molecule has 1 amide bonds. The largest absolute Gasteiger partial charge is 0.488 e. The van der Waals surface area contributed by atoms with Crippen molar-refractivity contribution < 1.29 is 13.9 Å². The van der Waals surface area contributed by atoms with E-state index in [1.54, 1.807) is 17.0 Å². The van der Waals surface area contributed by atoms with Gasteiger partial charge < -0.3 is 9.64 Å². The van der Waals surface area contributed by atoms with Gasteiger partial charge in [0, 0.05) is 24.2 Å². The molecule has 1 fully saturated rings. The summed E-state index contributed by atoms with van der Waals surface area (Å²) < 4.78 is 19.4. The molecule has 22 heavy (non-hydrogen) atoms. The number of aromatic nitrogens is 1. The minimum atomic E-state index is -0.605. The zero-order chi connectivity index (χ0) is 15.5. The fourth-order valence-corrected chi connectivity index (χ4v) is 2.64. The second kappa shape index (κ2) is 6.32. The van der Waals surface area contributed by atoms with Crippen LogP contribution in [0.1, 0.15) is 16.8 Å². The summed E-state index contributed by atoms with van der Waals surface area (Å²) in [7, 11) is 0. The molecule has 3 rings (SSSR count). The molecule has 2 heterocycles. The fraction of sp³-hybridized carbons (Fsp3) is 0.250. The zero-order valence-corrected chi connectivity index (χ0v) is 12.5. The number of halogens is 2. The second-order valence-corrected chi connectivity index (χ2v) is 5.53. The second-order valence-electron chi connectivity index (χ2n) is 5.09. The van der Waals surface area contributed by atoms with E-state index in [9.17, 15) is 9.18 Å². The molecule has 0 aliphatic carbocycles. The van der Waals surface area contributed by atoms with Gasteiger partial charge in [-0.2, -0.15) is 0 Å². The molecule has 1 aromatic heterocycles. The Balaban J connectivity index is 1.65. The Bertz CT molecular complexity index is 695. The Kier molecular flexibility index (Phi) is 4.24. The van der Waals surface area contributed by atoms with Crippen molar-refractivity contribution in [2.24, 2.45) is 0 Å². The maximum Gasteiger partial charge on any atom is 0.257 e. The molecular weight excluding hydrogens is 307 g/mol. The van der Waals surface area contributed by atoms with Crippen molar-refractivity contribution in [2.75, 3.05) is 13.1 Å². The summed E-state index contributed by atoms with van der Waals surface area (Å²) in [5.41, 5.74) is 0.0402. The highest BCUT2D eigenvalue weighted by Crippen LogP contribution is 2.22. The molecule has 2 aromatic rings. The number of hydrogen-bond acceptors (Lipinski definition) is 3. The van der Waals surface area contributed by atoms with Gasteiger partial charge in [-0.1, -0.05) is 17.7 Å². The van der Waals surface area contributed by atoms with Crippen LogP contribution >= 0.6 is 11.6 Å². The first kappa shape index (κ1) is 14.8. The van der Waals surface area contributed by atoms with E-state index in [2.05, 4.69) is 4.98 Å². The van der Waals surface area contributed by atoms with Gasteiger partial charge in [-0.05, 0) is 24.3 Å². The van der Waals surface area contributed by atoms with Crippen LogP contribution in [0.25, 0.3) is 0 Å². The molecule has 114 valence electrons. The van der Waals surface area contributed by atoms with E-state index in [1.807, 2.05) is 12.1 Å². The number of likely N-dealkylation sites (tertiary alicyclic amines) is 1. The van der Waals surface area contributed by atoms with Gasteiger partial charge in [0.15, 0.2) is 5.82 Å². The van der Waals surface area contributed by atoms with Crippen molar-refractivity contribution in [3.8, 4) is 5.75 Å². The Morgan fingerprint density at radius 3 is 3.05 bits per heavy atom. The standard InChI is InChI=1S/C16H14ClFN2O2/c17-11-2-1-3-12(8-11)22-13-5-7-20(10-13)16(21)14-4-6-19-9-15(14)18/h1-4,6,8-9,13H,5,7,10H2. The number of pyridine rings is 1. The number of carbonyl (C=O) groups excluding carboxylic acids is 1. The number of rotatable bonds is 3.